The van der Waals surface area contributed by atoms with Gasteiger partial charge in [0.05, 0.1) is 5.39 Å². The highest BCUT2D eigenvalue weighted by atomic mass is 35.5. The molecule has 0 radical (unpaired) electrons. The Hall–Kier alpha value is -2.70. The second-order valence-electron chi connectivity index (χ2n) is 7.31. The molecule has 0 unspecified atom stereocenters. The van der Waals surface area contributed by atoms with Gasteiger partial charge in [-0.2, -0.15) is 0 Å². The van der Waals surface area contributed by atoms with Gasteiger partial charge in [-0.3, -0.25) is 19.5 Å². The second-order valence-corrected chi connectivity index (χ2v) is 7.72. The number of rotatable bonds is 4. The zero-order chi connectivity index (χ0) is 20.4. The van der Waals surface area contributed by atoms with E-state index in [-0.39, 0.29) is 17.1 Å². The standard InChI is InChI=1S/C22H22ClN3O3/c1-15-12-20-17(13-18(15)23)19(27)14-21(29-20)22(28)26-10-8-25(9-11-26)7-4-16-2-5-24-6-3-16/h2-3,5-6,12-14H,4,7-11H2,1H3. The Kier molecular flexibility index (Phi) is 5.65. The van der Waals surface area contributed by atoms with Crippen molar-refractivity contribution in [1.29, 1.82) is 0 Å². The van der Waals surface area contributed by atoms with Crippen molar-refractivity contribution in [3.8, 4) is 0 Å². The van der Waals surface area contributed by atoms with Crippen molar-refractivity contribution in [2.45, 2.75) is 13.3 Å². The van der Waals surface area contributed by atoms with Crippen LogP contribution in [0.25, 0.3) is 11.0 Å². The number of aromatic nitrogens is 1. The van der Waals surface area contributed by atoms with E-state index in [1.54, 1.807) is 29.4 Å². The highest BCUT2D eigenvalue weighted by Gasteiger charge is 2.24. The number of carbonyl (C=O) groups is 1. The number of aryl methyl sites for hydroxylation is 1. The first kappa shape index (κ1) is 19.6. The lowest BCUT2D eigenvalue weighted by atomic mass is 10.1. The summed E-state index contributed by atoms with van der Waals surface area (Å²) in [6, 6.07) is 8.61. The molecule has 3 heterocycles. The summed E-state index contributed by atoms with van der Waals surface area (Å²) in [6.07, 6.45) is 4.56. The Morgan fingerprint density at radius 3 is 2.59 bits per heavy atom. The number of fused-ring (bicyclic) bond motifs is 1. The molecule has 0 bridgehead atoms. The summed E-state index contributed by atoms with van der Waals surface area (Å²) in [4.78, 5) is 33.4. The lowest BCUT2D eigenvalue weighted by molar-refractivity contribution is 0.0608. The predicted molar refractivity (Wildman–Crippen MR) is 113 cm³/mol. The van der Waals surface area contributed by atoms with Crippen LogP contribution >= 0.6 is 11.6 Å². The Labute approximate surface area is 173 Å². The zero-order valence-electron chi connectivity index (χ0n) is 16.2. The van der Waals surface area contributed by atoms with Crippen molar-refractivity contribution in [2.75, 3.05) is 32.7 Å². The Balaban J connectivity index is 1.42. The molecular weight excluding hydrogens is 390 g/mol. The van der Waals surface area contributed by atoms with Gasteiger partial charge < -0.3 is 9.32 Å². The molecule has 1 aromatic carbocycles. The Morgan fingerprint density at radius 2 is 1.86 bits per heavy atom. The van der Waals surface area contributed by atoms with Crippen LogP contribution in [-0.2, 0) is 6.42 Å². The molecule has 0 saturated carbocycles. The largest absolute Gasteiger partial charge is 0.451 e. The third kappa shape index (κ3) is 4.33. The summed E-state index contributed by atoms with van der Waals surface area (Å²) in [5.41, 5.74) is 2.19. The number of piperazine rings is 1. The predicted octanol–water partition coefficient (Wildman–Crippen LogP) is 3.15. The van der Waals surface area contributed by atoms with Crippen molar-refractivity contribution in [1.82, 2.24) is 14.8 Å². The SMILES string of the molecule is Cc1cc2oc(C(=O)N3CCN(CCc4ccncc4)CC3)cc(=O)c2cc1Cl. The van der Waals surface area contributed by atoms with E-state index >= 15 is 0 Å². The third-order valence-corrected chi connectivity index (χ3v) is 5.75. The fourth-order valence-electron chi connectivity index (χ4n) is 3.55. The number of amides is 1. The van der Waals surface area contributed by atoms with E-state index in [0.29, 0.717) is 29.1 Å². The number of nitrogens with zero attached hydrogens (tertiary/aromatic N) is 3. The zero-order valence-corrected chi connectivity index (χ0v) is 17.0. The lowest BCUT2D eigenvalue weighted by Gasteiger charge is -2.34. The molecule has 1 aliphatic heterocycles. The van der Waals surface area contributed by atoms with Gasteiger partial charge in [0, 0.05) is 56.2 Å². The minimum atomic E-state index is -0.257. The third-order valence-electron chi connectivity index (χ3n) is 5.34. The van der Waals surface area contributed by atoms with Crippen LogP contribution in [0.4, 0.5) is 0 Å². The molecule has 2 aromatic heterocycles. The van der Waals surface area contributed by atoms with Gasteiger partial charge in [0.15, 0.2) is 11.2 Å². The van der Waals surface area contributed by atoms with Gasteiger partial charge in [0.1, 0.15) is 5.58 Å². The molecule has 0 N–H and O–H groups in total. The number of pyridine rings is 1. The van der Waals surface area contributed by atoms with E-state index in [4.69, 9.17) is 16.0 Å². The van der Waals surface area contributed by atoms with Gasteiger partial charge >= 0.3 is 0 Å². The molecule has 29 heavy (non-hydrogen) atoms. The molecule has 0 aliphatic carbocycles. The number of carbonyl (C=O) groups excluding carboxylic acids is 1. The summed E-state index contributed by atoms with van der Waals surface area (Å²) >= 11 is 6.10. The van der Waals surface area contributed by atoms with E-state index < -0.39 is 0 Å². The van der Waals surface area contributed by atoms with Crippen molar-refractivity contribution < 1.29 is 9.21 Å². The summed E-state index contributed by atoms with van der Waals surface area (Å²) in [6.45, 7) is 5.58. The average molecular weight is 412 g/mol. The van der Waals surface area contributed by atoms with E-state index in [1.165, 1.54) is 11.6 Å². The first-order chi connectivity index (χ1) is 14.0. The molecule has 150 valence electrons. The van der Waals surface area contributed by atoms with E-state index in [1.807, 2.05) is 19.1 Å². The maximum atomic E-state index is 12.9. The summed E-state index contributed by atoms with van der Waals surface area (Å²) in [7, 11) is 0. The maximum absolute atomic E-state index is 12.9. The molecule has 0 atom stereocenters. The summed E-state index contributed by atoms with van der Waals surface area (Å²) < 4.78 is 5.76. The first-order valence-corrected chi connectivity index (χ1v) is 10.0. The molecule has 7 heteroatoms. The molecule has 1 aliphatic rings. The highest BCUT2D eigenvalue weighted by Crippen LogP contribution is 2.22. The molecule has 1 amide bonds. The highest BCUT2D eigenvalue weighted by molar-refractivity contribution is 6.32. The minimum absolute atomic E-state index is 0.0782. The maximum Gasteiger partial charge on any atom is 0.289 e. The smallest absolute Gasteiger partial charge is 0.289 e. The van der Waals surface area contributed by atoms with Gasteiger partial charge in [-0.05, 0) is 48.7 Å². The quantitative estimate of drug-likeness (QED) is 0.659. The second kappa shape index (κ2) is 8.35. The Bertz CT molecular complexity index is 1090. The monoisotopic (exact) mass is 411 g/mol. The average Bonchev–Trinajstić information content (AvgIpc) is 2.74. The molecule has 6 nitrogen and oxygen atoms in total. The van der Waals surface area contributed by atoms with E-state index in [9.17, 15) is 9.59 Å². The minimum Gasteiger partial charge on any atom is -0.451 e. The van der Waals surface area contributed by atoms with Gasteiger partial charge in [-0.1, -0.05) is 11.6 Å². The van der Waals surface area contributed by atoms with Crippen molar-refractivity contribution in [3.63, 3.8) is 0 Å². The topological polar surface area (TPSA) is 66.7 Å². The lowest BCUT2D eigenvalue weighted by Crippen LogP contribution is -2.49. The fraction of sp³-hybridized carbons (Fsp3) is 0.318. The molecule has 0 spiro atoms. The molecule has 4 rings (SSSR count). The van der Waals surface area contributed by atoms with Crippen molar-refractivity contribution in [3.05, 3.63) is 74.9 Å². The van der Waals surface area contributed by atoms with Crippen LogP contribution < -0.4 is 5.43 Å². The number of hydrogen-bond donors (Lipinski definition) is 0. The van der Waals surface area contributed by atoms with Crippen molar-refractivity contribution in [2.24, 2.45) is 0 Å². The number of halogens is 1. The van der Waals surface area contributed by atoms with Crippen LogP contribution in [0.1, 0.15) is 21.7 Å². The van der Waals surface area contributed by atoms with Crippen LogP contribution in [0.5, 0.6) is 0 Å². The van der Waals surface area contributed by atoms with Crippen LogP contribution in [0.15, 0.2) is 51.9 Å². The van der Waals surface area contributed by atoms with E-state index in [2.05, 4.69) is 9.88 Å². The summed E-state index contributed by atoms with van der Waals surface area (Å²) in [5, 5.41) is 0.893. The first-order valence-electron chi connectivity index (χ1n) is 9.66. The number of hydrogen-bond acceptors (Lipinski definition) is 5. The molecular formula is C22H22ClN3O3. The van der Waals surface area contributed by atoms with Crippen LogP contribution in [0.3, 0.4) is 0 Å². The fourth-order valence-corrected chi connectivity index (χ4v) is 3.71. The molecule has 1 saturated heterocycles. The molecule has 1 fully saturated rings. The van der Waals surface area contributed by atoms with Crippen LogP contribution in [0.2, 0.25) is 5.02 Å². The molecule has 3 aromatic rings. The van der Waals surface area contributed by atoms with Crippen molar-refractivity contribution >= 4 is 28.5 Å². The Morgan fingerprint density at radius 1 is 1.14 bits per heavy atom. The van der Waals surface area contributed by atoms with Crippen LogP contribution in [-0.4, -0.2) is 53.4 Å². The van der Waals surface area contributed by atoms with Gasteiger partial charge in [-0.25, -0.2) is 0 Å². The van der Waals surface area contributed by atoms with E-state index in [0.717, 1.165) is 31.6 Å². The summed E-state index contributed by atoms with van der Waals surface area (Å²) in [5.74, 6) is -0.167. The van der Waals surface area contributed by atoms with Gasteiger partial charge in [0.2, 0.25) is 0 Å². The van der Waals surface area contributed by atoms with Gasteiger partial charge in [-0.15, -0.1) is 0 Å². The number of benzene rings is 1. The normalized spacial score (nSPS) is 15.0. The van der Waals surface area contributed by atoms with Crippen LogP contribution in [0, 0.1) is 6.92 Å². The van der Waals surface area contributed by atoms with Gasteiger partial charge in [0.25, 0.3) is 5.91 Å².